The Labute approximate surface area is 161 Å². The van der Waals surface area contributed by atoms with Gasteiger partial charge in [0.1, 0.15) is 6.61 Å². The highest BCUT2D eigenvalue weighted by molar-refractivity contribution is 5.85. The third kappa shape index (κ3) is 2.89. The summed E-state index contributed by atoms with van der Waals surface area (Å²) in [7, 11) is 0. The molecule has 2 heterocycles. The lowest BCUT2D eigenvalue weighted by atomic mass is 9.54. The number of hydrogen-bond donors (Lipinski definition) is 0. The van der Waals surface area contributed by atoms with Gasteiger partial charge in [0.2, 0.25) is 6.29 Å². The fourth-order valence-corrected chi connectivity index (χ4v) is 6.87. The second-order valence-corrected chi connectivity index (χ2v) is 9.92. The van der Waals surface area contributed by atoms with E-state index in [1.807, 2.05) is 0 Å². The van der Waals surface area contributed by atoms with Gasteiger partial charge in [0, 0.05) is 12.8 Å². The highest BCUT2D eigenvalue weighted by Crippen LogP contribution is 2.64. The third-order valence-corrected chi connectivity index (χ3v) is 7.98. The topological polar surface area (TPSA) is 61.8 Å². The van der Waals surface area contributed by atoms with Gasteiger partial charge in [-0.25, -0.2) is 0 Å². The van der Waals surface area contributed by atoms with Crippen LogP contribution in [0.1, 0.15) is 59.8 Å². The van der Waals surface area contributed by atoms with Gasteiger partial charge in [0.15, 0.2) is 12.1 Å². The van der Waals surface area contributed by atoms with Crippen LogP contribution in [-0.4, -0.2) is 30.9 Å². The molecule has 2 bridgehead atoms. The summed E-state index contributed by atoms with van der Waals surface area (Å²) < 4.78 is 16.8. The molecule has 4 fully saturated rings. The highest BCUT2D eigenvalue weighted by Gasteiger charge is 2.60. The van der Waals surface area contributed by atoms with E-state index in [2.05, 4.69) is 27.4 Å². The number of carbonyl (C=O) groups is 2. The molecule has 7 atom stereocenters. The maximum absolute atomic E-state index is 12.6. The first-order valence-electron chi connectivity index (χ1n) is 10.3. The number of rotatable bonds is 3. The molecule has 2 saturated heterocycles. The summed E-state index contributed by atoms with van der Waals surface area (Å²) >= 11 is 0. The molecule has 0 spiro atoms. The average Bonchev–Trinajstić information content (AvgIpc) is 3.05. The molecule has 2 saturated carbocycles. The monoisotopic (exact) mass is 376 g/mol. The van der Waals surface area contributed by atoms with Crippen LogP contribution >= 0.6 is 0 Å². The molecule has 0 amide bonds. The lowest BCUT2D eigenvalue weighted by Gasteiger charge is -2.50. The van der Waals surface area contributed by atoms with E-state index < -0.39 is 24.5 Å². The van der Waals surface area contributed by atoms with Crippen molar-refractivity contribution in [2.45, 2.75) is 72.4 Å². The quantitative estimate of drug-likeness (QED) is 0.553. The standard InChI is InChI=1S/C22H32O5/c1-12(14-7-8-16-21(3,4)9-6-10-22(14,16)5)17-18-15(24)11-25-19(17)27-20(18)26-13(2)23/h14,16-20H,1,6-11H2,2-5H3. The van der Waals surface area contributed by atoms with Gasteiger partial charge in [0.05, 0.1) is 5.92 Å². The number of esters is 1. The molecule has 0 aromatic rings. The maximum Gasteiger partial charge on any atom is 0.304 e. The Morgan fingerprint density at radius 2 is 1.96 bits per heavy atom. The van der Waals surface area contributed by atoms with Gasteiger partial charge in [-0.15, -0.1) is 0 Å². The Hall–Kier alpha value is -1.20. The molecule has 5 heteroatoms. The van der Waals surface area contributed by atoms with Gasteiger partial charge in [-0.1, -0.05) is 39.3 Å². The largest absolute Gasteiger partial charge is 0.435 e. The van der Waals surface area contributed by atoms with Crippen molar-refractivity contribution < 1.29 is 23.8 Å². The lowest BCUT2D eigenvalue weighted by molar-refractivity contribution is -0.205. The summed E-state index contributed by atoms with van der Waals surface area (Å²) in [5, 5.41) is 0. The number of carbonyl (C=O) groups excluding carboxylic acids is 2. The van der Waals surface area contributed by atoms with Crippen LogP contribution in [-0.2, 0) is 23.8 Å². The van der Waals surface area contributed by atoms with E-state index in [0.29, 0.717) is 17.3 Å². The predicted molar refractivity (Wildman–Crippen MR) is 99.5 cm³/mol. The van der Waals surface area contributed by atoms with E-state index in [0.717, 1.165) is 12.0 Å². The zero-order valence-corrected chi connectivity index (χ0v) is 17.0. The van der Waals surface area contributed by atoms with Crippen molar-refractivity contribution in [3.8, 4) is 0 Å². The smallest absolute Gasteiger partial charge is 0.304 e. The van der Waals surface area contributed by atoms with Gasteiger partial charge < -0.3 is 14.2 Å². The Morgan fingerprint density at radius 1 is 1.22 bits per heavy atom. The molecule has 150 valence electrons. The fraction of sp³-hybridized carbons (Fsp3) is 0.818. The van der Waals surface area contributed by atoms with Crippen LogP contribution in [0.5, 0.6) is 0 Å². The Morgan fingerprint density at radius 3 is 2.67 bits per heavy atom. The van der Waals surface area contributed by atoms with Crippen LogP contribution in [0.25, 0.3) is 0 Å². The second kappa shape index (κ2) is 6.41. The van der Waals surface area contributed by atoms with Crippen molar-refractivity contribution in [3.63, 3.8) is 0 Å². The molecule has 7 unspecified atom stereocenters. The van der Waals surface area contributed by atoms with E-state index in [1.54, 1.807) is 0 Å². The van der Waals surface area contributed by atoms with E-state index in [1.165, 1.54) is 32.6 Å². The normalized spacial score (nSPS) is 45.4. The van der Waals surface area contributed by atoms with Crippen LogP contribution in [0.15, 0.2) is 12.2 Å². The van der Waals surface area contributed by atoms with Gasteiger partial charge in [0.25, 0.3) is 0 Å². The molecule has 27 heavy (non-hydrogen) atoms. The highest BCUT2D eigenvalue weighted by atomic mass is 16.8. The van der Waals surface area contributed by atoms with E-state index in [9.17, 15) is 9.59 Å². The third-order valence-electron chi connectivity index (χ3n) is 7.98. The Balaban J connectivity index is 1.61. The minimum absolute atomic E-state index is 0.0223. The van der Waals surface area contributed by atoms with Crippen LogP contribution in [0, 0.1) is 34.5 Å². The summed E-state index contributed by atoms with van der Waals surface area (Å²) in [4.78, 5) is 24.1. The van der Waals surface area contributed by atoms with Gasteiger partial charge in [-0.2, -0.15) is 0 Å². The minimum Gasteiger partial charge on any atom is -0.435 e. The SMILES string of the molecule is C=C(C1C2OCC(=O)C1C(OC(C)=O)O2)C1CCC2C(C)(C)CCCC12C. The molecule has 4 rings (SSSR count). The average molecular weight is 376 g/mol. The van der Waals surface area contributed by atoms with E-state index >= 15 is 0 Å². The van der Waals surface area contributed by atoms with Crippen LogP contribution in [0.4, 0.5) is 0 Å². The van der Waals surface area contributed by atoms with Crippen molar-refractivity contribution in [3.05, 3.63) is 12.2 Å². The summed E-state index contributed by atoms with van der Waals surface area (Å²) in [5.41, 5.74) is 1.61. The maximum atomic E-state index is 12.6. The number of fused-ring (bicyclic) bond motifs is 3. The first kappa shape index (κ1) is 19.1. The zero-order chi connectivity index (χ0) is 19.6. The Kier molecular flexibility index (Phi) is 4.54. The zero-order valence-electron chi connectivity index (χ0n) is 17.0. The lowest BCUT2D eigenvalue weighted by Crippen LogP contribution is -2.45. The Bertz CT molecular complexity index is 668. The second-order valence-electron chi connectivity index (χ2n) is 9.92. The van der Waals surface area contributed by atoms with Crippen molar-refractivity contribution in [1.82, 2.24) is 0 Å². The van der Waals surface area contributed by atoms with Gasteiger partial charge in [-0.3, -0.25) is 9.59 Å². The fourth-order valence-electron chi connectivity index (χ4n) is 6.87. The molecule has 2 aliphatic heterocycles. The molecule has 4 aliphatic rings. The molecule has 2 aliphatic carbocycles. The van der Waals surface area contributed by atoms with Gasteiger partial charge >= 0.3 is 5.97 Å². The van der Waals surface area contributed by atoms with Crippen molar-refractivity contribution >= 4 is 11.8 Å². The first-order chi connectivity index (χ1) is 12.6. The van der Waals surface area contributed by atoms with Gasteiger partial charge in [-0.05, 0) is 48.3 Å². The van der Waals surface area contributed by atoms with Crippen molar-refractivity contribution in [2.75, 3.05) is 6.61 Å². The number of hydrogen-bond acceptors (Lipinski definition) is 5. The van der Waals surface area contributed by atoms with Crippen molar-refractivity contribution in [1.29, 1.82) is 0 Å². The summed E-state index contributed by atoms with van der Waals surface area (Å²) in [6, 6.07) is 0. The van der Waals surface area contributed by atoms with Crippen LogP contribution < -0.4 is 0 Å². The number of ketones is 1. The van der Waals surface area contributed by atoms with Crippen molar-refractivity contribution in [2.24, 2.45) is 34.5 Å². The first-order valence-corrected chi connectivity index (χ1v) is 10.3. The minimum atomic E-state index is -0.850. The van der Waals surface area contributed by atoms with E-state index in [4.69, 9.17) is 14.2 Å². The number of Topliss-reactive ketones (excluding diaryl/α,β-unsaturated/α-hetero) is 1. The molecular weight excluding hydrogens is 344 g/mol. The van der Waals surface area contributed by atoms with Crippen LogP contribution in [0.2, 0.25) is 0 Å². The molecule has 0 aromatic carbocycles. The summed E-state index contributed by atoms with van der Waals surface area (Å²) in [5.74, 6) is -0.174. The molecule has 0 radical (unpaired) electrons. The summed E-state index contributed by atoms with van der Waals surface area (Å²) in [6.07, 6.45) is 4.64. The van der Waals surface area contributed by atoms with Crippen LogP contribution in [0.3, 0.4) is 0 Å². The molecule has 0 N–H and O–H groups in total. The summed E-state index contributed by atoms with van der Waals surface area (Å²) in [6.45, 7) is 13.1. The number of ether oxygens (including phenoxy) is 3. The predicted octanol–water partition coefficient (Wildman–Crippen LogP) is 3.86. The molecule has 0 aromatic heterocycles. The molecular formula is C22H32O5. The molecule has 5 nitrogen and oxygen atoms in total. The van der Waals surface area contributed by atoms with E-state index in [-0.39, 0.29) is 23.7 Å².